The van der Waals surface area contributed by atoms with Gasteiger partial charge in [-0.3, -0.25) is 4.79 Å². The lowest BCUT2D eigenvalue weighted by Gasteiger charge is -2.39. The first-order valence-electron chi connectivity index (χ1n) is 10.1. The van der Waals surface area contributed by atoms with E-state index in [4.69, 9.17) is 14.5 Å². The molecule has 2 saturated heterocycles. The second kappa shape index (κ2) is 7.59. The number of anilines is 1. The summed E-state index contributed by atoms with van der Waals surface area (Å²) in [7, 11) is 3.36. The van der Waals surface area contributed by atoms with Gasteiger partial charge in [-0.25, -0.2) is 4.98 Å². The molecule has 2 aliphatic heterocycles. The summed E-state index contributed by atoms with van der Waals surface area (Å²) in [6.07, 6.45) is 2.91. The molecule has 4 rings (SSSR count). The number of benzene rings is 1. The fraction of sp³-hybridized carbons (Fsp3) is 0.545. The molecule has 1 amide bonds. The number of hydrogen-bond donors (Lipinski definition) is 0. The third kappa shape index (κ3) is 3.20. The Bertz CT molecular complexity index is 885. The van der Waals surface area contributed by atoms with Crippen LogP contribution in [0.2, 0.25) is 0 Å². The van der Waals surface area contributed by atoms with E-state index >= 15 is 0 Å². The van der Waals surface area contributed by atoms with E-state index in [2.05, 4.69) is 24.0 Å². The maximum absolute atomic E-state index is 13.2. The molecule has 3 heterocycles. The van der Waals surface area contributed by atoms with Gasteiger partial charge in [0, 0.05) is 38.7 Å². The van der Waals surface area contributed by atoms with Crippen LogP contribution in [0.3, 0.4) is 0 Å². The highest BCUT2D eigenvalue weighted by Gasteiger charge is 2.48. The van der Waals surface area contributed by atoms with Gasteiger partial charge in [0.05, 0.1) is 19.1 Å². The predicted octanol–water partition coefficient (Wildman–Crippen LogP) is 3.02. The molecule has 1 spiro atoms. The number of aryl methyl sites for hydroxylation is 1. The van der Waals surface area contributed by atoms with Crippen molar-refractivity contribution in [3.05, 3.63) is 29.8 Å². The van der Waals surface area contributed by atoms with Gasteiger partial charge in [0.25, 0.3) is 0 Å². The second-order valence-electron chi connectivity index (χ2n) is 7.99. The number of piperidine rings is 1. The maximum Gasteiger partial charge on any atom is 0.230 e. The molecular weight excluding hydrogens is 354 g/mol. The largest absolute Gasteiger partial charge is 0.494 e. The van der Waals surface area contributed by atoms with Crippen molar-refractivity contribution < 1.29 is 14.3 Å². The number of carbonyl (C=O) groups is 1. The van der Waals surface area contributed by atoms with Crippen molar-refractivity contribution in [3.63, 3.8) is 0 Å². The molecule has 1 atom stereocenters. The second-order valence-corrected chi connectivity index (χ2v) is 7.99. The first-order valence-corrected chi connectivity index (χ1v) is 10.1. The number of ether oxygens (including phenoxy) is 2. The van der Waals surface area contributed by atoms with Crippen molar-refractivity contribution >= 4 is 22.6 Å². The summed E-state index contributed by atoms with van der Waals surface area (Å²) in [6, 6.07) is 8.16. The Morgan fingerprint density at radius 2 is 2.07 bits per heavy atom. The summed E-state index contributed by atoms with van der Waals surface area (Å²) in [5, 5.41) is 1.11. The average Bonchev–Trinajstić information content (AvgIpc) is 3.14. The van der Waals surface area contributed by atoms with E-state index in [-0.39, 0.29) is 11.3 Å². The topological polar surface area (TPSA) is 54.9 Å². The number of rotatable bonds is 5. The summed E-state index contributed by atoms with van der Waals surface area (Å²) in [5.41, 5.74) is 1.78. The van der Waals surface area contributed by atoms with Gasteiger partial charge in [0.2, 0.25) is 5.91 Å². The van der Waals surface area contributed by atoms with E-state index in [1.165, 1.54) is 5.56 Å². The summed E-state index contributed by atoms with van der Waals surface area (Å²) in [5.74, 6) is 2.01. The number of para-hydroxylation sites is 1. The predicted molar refractivity (Wildman–Crippen MR) is 110 cm³/mol. The van der Waals surface area contributed by atoms with Gasteiger partial charge in [0.1, 0.15) is 17.1 Å². The third-order valence-corrected chi connectivity index (χ3v) is 6.28. The Balaban J connectivity index is 1.61. The third-order valence-electron chi connectivity index (χ3n) is 6.28. The number of methoxy groups -OCH3 is 2. The van der Waals surface area contributed by atoms with Crippen LogP contribution in [0.1, 0.15) is 24.8 Å². The number of pyridine rings is 1. The Labute approximate surface area is 166 Å². The Morgan fingerprint density at radius 3 is 2.86 bits per heavy atom. The number of amides is 1. The summed E-state index contributed by atoms with van der Waals surface area (Å²) in [6.45, 7) is 5.82. The van der Waals surface area contributed by atoms with E-state index in [0.717, 1.165) is 61.4 Å². The highest BCUT2D eigenvalue weighted by Crippen LogP contribution is 2.42. The molecule has 1 aromatic carbocycles. The van der Waals surface area contributed by atoms with Crippen molar-refractivity contribution in [2.75, 3.05) is 51.9 Å². The smallest absolute Gasteiger partial charge is 0.230 e. The Morgan fingerprint density at radius 1 is 1.21 bits per heavy atom. The zero-order valence-electron chi connectivity index (χ0n) is 17.0. The highest BCUT2D eigenvalue weighted by molar-refractivity contribution is 5.89. The molecular formula is C22H29N3O3. The average molecular weight is 383 g/mol. The first kappa shape index (κ1) is 19.0. The molecule has 2 aliphatic rings. The molecule has 2 aromatic rings. The van der Waals surface area contributed by atoms with Crippen LogP contribution in [0.15, 0.2) is 24.3 Å². The molecule has 0 N–H and O–H groups in total. The lowest BCUT2D eigenvalue weighted by atomic mass is 9.78. The van der Waals surface area contributed by atoms with Crippen molar-refractivity contribution in [2.24, 2.45) is 5.41 Å². The zero-order chi connectivity index (χ0) is 19.7. The molecule has 1 unspecified atom stereocenters. The molecule has 2 fully saturated rings. The lowest BCUT2D eigenvalue weighted by molar-refractivity contribution is -0.145. The fourth-order valence-electron chi connectivity index (χ4n) is 4.71. The Hall–Kier alpha value is -2.34. The van der Waals surface area contributed by atoms with Crippen molar-refractivity contribution in [2.45, 2.75) is 26.2 Å². The van der Waals surface area contributed by atoms with Crippen LogP contribution in [-0.4, -0.2) is 62.8 Å². The number of likely N-dealkylation sites (tertiary alicyclic amines) is 1. The van der Waals surface area contributed by atoms with Gasteiger partial charge in [-0.1, -0.05) is 12.1 Å². The molecule has 0 saturated carbocycles. The Kier molecular flexibility index (Phi) is 5.15. The SMILES string of the molecule is COCCN1CCCC2(CCN(c3cc(C)c4cccc(OC)c4n3)C2)C1=O. The first-order chi connectivity index (χ1) is 13.6. The van der Waals surface area contributed by atoms with Crippen LogP contribution in [0.25, 0.3) is 10.9 Å². The molecule has 150 valence electrons. The number of fused-ring (bicyclic) bond motifs is 1. The number of hydrogen-bond acceptors (Lipinski definition) is 5. The van der Waals surface area contributed by atoms with Crippen molar-refractivity contribution in [1.82, 2.24) is 9.88 Å². The molecule has 6 heteroatoms. The van der Waals surface area contributed by atoms with Gasteiger partial charge in [-0.05, 0) is 43.9 Å². The highest BCUT2D eigenvalue weighted by atomic mass is 16.5. The van der Waals surface area contributed by atoms with Crippen LogP contribution in [0, 0.1) is 12.3 Å². The minimum Gasteiger partial charge on any atom is -0.494 e. The van der Waals surface area contributed by atoms with Crippen LogP contribution in [0.5, 0.6) is 5.75 Å². The van der Waals surface area contributed by atoms with E-state index in [9.17, 15) is 4.79 Å². The molecule has 0 radical (unpaired) electrons. The maximum atomic E-state index is 13.2. The van der Waals surface area contributed by atoms with Gasteiger partial charge in [0.15, 0.2) is 0 Å². The van der Waals surface area contributed by atoms with E-state index in [1.807, 2.05) is 17.0 Å². The van der Waals surface area contributed by atoms with Gasteiger partial charge in [-0.15, -0.1) is 0 Å². The van der Waals surface area contributed by atoms with Crippen LogP contribution >= 0.6 is 0 Å². The molecule has 1 aromatic heterocycles. The molecule has 0 bridgehead atoms. The van der Waals surface area contributed by atoms with Crippen molar-refractivity contribution in [1.29, 1.82) is 0 Å². The standard InChI is InChI=1S/C22H29N3O3/c1-16-14-19(23-20-17(16)6-4-7-18(20)28-3)25-11-9-22(15-25)8-5-10-24(21(22)26)12-13-27-2/h4,6-7,14H,5,8-13,15H2,1-3H3. The van der Waals surface area contributed by atoms with Crippen LogP contribution < -0.4 is 9.64 Å². The number of carbonyl (C=O) groups excluding carboxylic acids is 1. The van der Waals surface area contributed by atoms with Gasteiger partial charge < -0.3 is 19.3 Å². The minimum absolute atomic E-state index is 0.280. The molecule has 6 nitrogen and oxygen atoms in total. The molecule has 28 heavy (non-hydrogen) atoms. The molecule has 0 aliphatic carbocycles. The van der Waals surface area contributed by atoms with Gasteiger partial charge in [-0.2, -0.15) is 0 Å². The van der Waals surface area contributed by atoms with Gasteiger partial charge >= 0.3 is 0 Å². The quantitative estimate of drug-likeness (QED) is 0.794. The monoisotopic (exact) mass is 383 g/mol. The summed E-state index contributed by atoms with van der Waals surface area (Å²) in [4.78, 5) is 22.4. The normalized spacial score (nSPS) is 22.5. The lowest BCUT2D eigenvalue weighted by Crippen LogP contribution is -2.51. The fourth-order valence-corrected chi connectivity index (χ4v) is 4.71. The van der Waals surface area contributed by atoms with E-state index in [0.29, 0.717) is 13.2 Å². The van der Waals surface area contributed by atoms with Crippen LogP contribution in [0.4, 0.5) is 5.82 Å². The minimum atomic E-state index is -0.280. The van der Waals surface area contributed by atoms with E-state index in [1.54, 1.807) is 14.2 Å². The summed E-state index contributed by atoms with van der Waals surface area (Å²) < 4.78 is 10.7. The van der Waals surface area contributed by atoms with Crippen LogP contribution in [-0.2, 0) is 9.53 Å². The number of aromatic nitrogens is 1. The summed E-state index contributed by atoms with van der Waals surface area (Å²) >= 11 is 0. The van der Waals surface area contributed by atoms with Crippen molar-refractivity contribution in [3.8, 4) is 5.75 Å². The number of nitrogens with zero attached hydrogens (tertiary/aromatic N) is 3. The van der Waals surface area contributed by atoms with E-state index < -0.39 is 0 Å². The zero-order valence-corrected chi connectivity index (χ0v) is 17.0.